The van der Waals surface area contributed by atoms with Gasteiger partial charge < -0.3 is 9.84 Å². The summed E-state index contributed by atoms with van der Waals surface area (Å²) in [6.07, 6.45) is 2.27. The molecule has 174 valence electrons. The zero-order valence-electron chi connectivity index (χ0n) is 18.9. The molecule has 1 aliphatic heterocycles. The molecular weight excluding hydrogens is 454 g/mol. The van der Waals surface area contributed by atoms with Crippen molar-refractivity contribution in [2.24, 2.45) is 0 Å². The molecule has 34 heavy (non-hydrogen) atoms. The minimum atomic E-state index is -0.944. The minimum absolute atomic E-state index is 0.0538. The first-order valence-corrected chi connectivity index (χ1v) is 11.6. The van der Waals surface area contributed by atoms with Gasteiger partial charge in [-0.15, -0.1) is 11.3 Å². The summed E-state index contributed by atoms with van der Waals surface area (Å²) in [6.45, 7) is 5.72. The molecule has 1 aromatic carbocycles. The Hall–Kier alpha value is -3.85. The van der Waals surface area contributed by atoms with E-state index in [1.54, 1.807) is 62.5 Å². The number of esters is 1. The van der Waals surface area contributed by atoms with Crippen LogP contribution in [-0.4, -0.2) is 39.3 Å². The molecule has 0 saturated carbocycles. The van der Waals surface area contributed by atoms with Gasteiger partial charge in [0.2, 0.25) is 5.78 Å². The van der Waals surface area contributed by atoms with E-state index in [-0.39, 0.29) is 5.57 Å². The third kappa shape index (κ3) is 4.22. The maximum atomic E-state index is 13.5. The summed E-state index contributed by atoms with van der Waals surface area (Å²) in [6, 6.07) is 10.5. The predicted octanol–water partition coefficient (Wildman–Crippen LogP) is 4.50. The van der Waals surface area contributed by atoms with E-state index in [1.165, 1.54) is 16.2 Å². The molecule has 9 heteroatoms. The third-order valence-corrected chi connectivity index (χ3v) is 6.42. The van der Waals surface area contributed by atoms with Crippen molar-refractivity contribution in [3.8, 4) is 0 Å². The fourth-order valence-electron chi connectivity index (χ4n) is 3.82. The Morgan fingerprint density at radius 1 is 1.15 bits per heavy atom. The van der Waals surface area contributed by atoms with Crippen LogP contribution < -0.4 is 4.90 Å². The van der Waals surface area contributed by atoms with Gasteiger partial charge in [-0.2, -0.15) is 0 Å². The lowest BCUT2D eigenvalue weighted by molar-refractivity contribution is -0.117. The first-order valence-electron chi connectivity index (χ1n) is 10.8. The molecule has 2 aromatic heterocycles. The molecule has 4 rings (SSSR count). The molecule has 1 amide bonds. The normalized spacial score (nSPS) is 15.7. The Kier molecular flexibility index (Phi) is 6.56. The maximum absolute atomic E-state index is 13.5. The molecule has 8 nitrogen and oxygen atoms in total. The number of pyridine rings is 1. The van der Waals surface area contributed by atoms with Crippen LogP contribution in [0.1, 0.15) is 55.8 Å². The van der Waals surface area contributed by atoms with E-state index in [9.17, 15) is 19.5 Å². The number of hydrogen-bond donors (Lipinski definition) is 1. The predicted molar refractivity (Wildman–Crippen MR) is 127 cm³/mol. The largest absolute Gasteiger partial charge is 0.503 e. The summed E-state index contributed by atoms with van der Waals surface area (Å²) in [7, 11) is 0. The van der Waals surface area contributed by atoms with E-state index in [4.69, 9.17) is 4.74 Å². The van der Waals surface area contributed by atoms with Crippen molar-refractivity contribution < 1.29 is 24.2 Å². The molecular formula is C25H23N3O5S. The second-order valence-corrected chi connectivity index (χ2v) is 8.96. The van der Waals surface area contributed by atoms with Crippen LogP contribution in [0, 0.1) is 13.8 Å². The Morgan fingerprint density at radius 2 is 1.88 bits per heavy atom. The molecule has 0 aliphatic carbocycles. The number of ether oxygens (including phenoxy) is 1. The van der Waals surface area contributed by atoms with Crippen molar-refractivity contribution in [2.45, 2.75) is 33.2 Å². The number of ketones is 1. The molecule has 1 aliphatic rings. The molecule has 1 unspecified atom stereocenters. The molecule has 3 heterocycles. The van der Waals surface area contributed by atoms with Crippen molar-refractivity contribution >= 4 is 34.7 Å². The number of aliphatic hydroxyl groups is 1. The number of rotatable bonds is 7. The van der Waals surface area contributed by atoms with Crippen LogP contribution in [0.4, 0.5) is 5.69 Å². The van der Waals surface area contributed by atoms with Crippen LogP contribution in [0.15, 0.2) is 60.0 Å². The van der Waals surface area contributed by atoms with E-state index >= 15 is 0 Å². The fraction of sp³-hybridized carbons (Fsp3) is 0.240. The molecule has 0 saturated heterocycles. The summed E-state index contributed by atoms with van der Waals surface area (Å²) in [5.74, 6) is -2.28. The number of benzene rings is 1. The average Bonchev–Trinajstić information content (AvgIpc) is 3.32. The molecule has 3 aromatic rings. The highest BCUT2D eigenvalue weighted by atomic mass is 32.1. The lowest BCUT2D eigenvalue weighted by atomic mass is 9.98. The van der Waals surface area contributed by atoms with Crippen molar-refractivity contribution in [1.82, 2.24) is 9.97 Å². The summed E-state index contributed by atoms with van der Waals surface area (Å²) < 4.78 is 5.15. The van der Waals surface area contributed by atoms with Crippen LogP contribution in [0.3, 0.4) is 0 Å². The van der Waals surface area contributed by atoms with Crippen molar-refractivity contribution in [3.05, 3.63) is 86.8 Å². The number of aliphatic hydroxyl groups excluding tert-OH is 1. The lowest BCUT2D eigenvalue weighted by Gasteiger charge is -2.26. The number of amides is 1. The van der Waals surface area contributed by atoms with Crippen LogP contribution >= 0.6 is 11.3 Å². The molecule has 0 radical (unpaired) electrons. The summed E-state index contributed by atoms with van der Waals surface area (Å²) in [5, 5.41) is 11.6. The molecule has 0 fully saturated rings. The first kappa shape index (κ1) is 23.3. The summed E-state index contributed by atoms with van der Waals surface area (Å²) >= 11 is 1.21. The number of hydrogen-bond acceptors (Lipinski definition) is 8. The van der Waals surface area contributed by atoms with E-state index in [1.807, 2.05) is 6.92 Å². The van der Waals surface area contributed by atoms with Gasteiger partial charge in [-0.25, -0.2) is 9.78 Å². The highest BCUT2D eigenvalue weighted by Gasteiger charge is 2.46. The van der Waals surface area contributed by atoms with Gasteiger partial charge in [0.05, 0.1) is 39.0 Å². The minimum Gasteiger partial charge on any atom is -0.503 e. The van der Waals surface area contributed by atoms with Crippen LogP contribution in [0.25, 0.3) is 0 Å². The zero-order valence-corrected chi connectivity index (χ0v) is 19.8. The van der Waals surface area contributed by atoms with Crippen molar-refractivity contribution in [3.63, 3.8) is 0 Å². The molecule has 1 N–H and O–H groups in total. The van der Waals surface area contributed by atoms with E-state index < -0.39 is 29.5 Å². The van der Waals surface area contributed by atoms with Gasteiger partial charge in [0.15, 0.2) is 5.76 Å². The summed E-state index contributed by atoms with van der Waals surface area (Å²) in [5.41, 5.74) is 1.64. The number of nitrogens with zero attached hydrogens (tertiary/aromatic N) is 3. The number of carbonyl (C=O) groups excluding carboxylic acids is 3. The molecule has 0 spiro atoms. The number of thiazole rings is 1. The number of Topliss-reactive ketones (excluding diaryl/α,β-unsaturated/α-hetero) is 1. The van der Waals surface area contributed by atoms with Gasteiger partial charge in [0.25, 0.3) is 5.91 Å². The maximum Gasteiger partial charge on any atom is 0.338 e. The van der Waals surface area contributed by atoms with E-state index in [2.05, 4.69) is 9.97 Å². The highest BCUT2D eigenvalue weighted by molar-refractivity contribution is 7.14. The van der Waals surface area contributed by atoms with Gasteiger partial charge in [-0.05, 0) is 56.7 Å². The van der Waals surface area contributed by atoms with E-state index in [0.717, 1.165) is 0 Å². The smallest absolute Gasteiger partial charge is 0.338 e. The number of aromatic nitrogens is 2. The van der Waals surface area contributed by atoms with Gasteiger partial charge in [-0.1, -0.05) is 13.0 Å². The number of anilines is 1. The molecule has 0 bridgehead atoms. The lowest BCUT2D eigenvalue weighted by Crippen LogP contribution is -2.31. The number of carbonyl (C=O) groups is 3. The van der Waals surface area contributed by atoms with Gasteiger partial charge in [0, 0.05) is 11.9 Å². The molecule has 1 atom stereocenters. The van der Waals surface area contributed by atoms with Crippen molar-refractivity contribution in [2.75, 3.05) is 11.5 Å². The topological polar surface area (TPSA) is 110 Å². The first-order chi connectivity index (χ1) is 16.3. The Morgan fingerprint density at radius 3 is 2.47 bits per heavy atom. The van der Waals surface area contributed by atoms with Crippen LogP contribution in [0.2, 0.25) is 0 Å². The quantitative estimate of drug-likeness (QED) is 0.394. The second-order valence-electron chi connectivity index (χ2n) is 7.75. The Bertz CT molecular complexity index is 1280. The van der Waals surface area contributed by atoms with Crippen LogP contribution in [-0.2, 0) is 9.53 Å². The Balaban J connectivity index is 1.76. The van der Waals surface area contributed by atoms with Gasteiger partial charge >= 0.3 is 5.97 Å². The highest BCUT2D eigenvalue weighted by Crippen LogP contribution is 2.42. The summed E-state index contributed by atoms with van der Waals surface area (Å²) in [4.78, 5) is 49.3. The number of aryl methyl sites for hydroxylation is 2. The SMILES string of the molecule is CCCOC(=O)c1ccc(N2C(=O)C(O)=C(C(=O)c3sc(C)nc3C)C2c2ccccn2)cc1. The Labute approximate surface area is 200 Å². The third-order valence-electron chi connectivity index (χ3n) is 5.35. The standard InChI is InChI=1S/C25H23N3O5S/c1-4-13-33-25(32)16-8-10-17(11-9-16)28-20(18-7-5-6-12-26-18)19(22(30)24(28)31)21(29)23-14(2)27-15(3)34-23/h5-12,20,30H,4,13H2,1-3H3. The monoisotopic (exact) mass is 477 g/mol. The fourth-order valence-corrected chi connectivity index (χ4v) is 4.70. The average molecular weight is 478 g/mol. The van der Waals surface area contributed by atoms with Gasteiger partial charge in [-0.3, -0.25) is 19.5 Å². The van der Waals surface area contributed by atoms with Crippen molar-refractivity contribution in [1.29, 1.82) is 0 Å². The van der Waals surface area contributed by atoms with Crippen LogP contribution in [0.5, 0.6) is 0 Å². The zero-order chi connectivity index (χ0) is 24.4. The van der Waals surface area contributed by atoms with Gasteiger partial charge in [0.1, 0.15) is 6.04 Å². The second kappa shape index (κ2) is 9.56. The van der Waals surface area contributed by atoms with E-state index in [0.29, 0.717) is 45.6 Å².